The molecule has 0 radical (unpaired) electrons. The van der Waals surface area contributed by atoms with Crippen LogP contribution in [0.15, 0.2) is 11.1 Å². The van der Waals surface area contributed by atoms with Crippen LogP contribution in [0.25, 0.3) is 0 Å². The van der Waals surface area contributed by atoms with E-state index in [0.29, 0.717) is 23.7 Å². The van der Waals surface area contributed by atoms with E-state index in [1.165, 1.54) is 0 Å². The Balaban J connectivity index is 2.44. The van der Waals surface area contributed by atoms with Gasteiger partial charge in [0.1, 0.15) is 11.1 Å². The van der Waals surface area contributed by atoms with E-state index in [1.54, 1.807) is 18.6 Å². The monoisotopic (exact) mass is 312 g/mol. The predicted octanol–water partition coefficient (Wildman–Crippen LogP) is 2.22. The van der Waals surface area contributed by atoms with Crippen molar-refractivity contribution in [2.45, 2.75) is 43.9 Å². The number of nitrogens with zero attached hydrogens (tertiary/aromatic N) is 1. The molecule has 0 aliphatic rings. The van der Waals surface area contributed by atoms with Gasteiger partial charge in [0.05, 0.1) is 6.61 Å². The van der Waals surface area contributed by atoms with Crippen LogP contribution in [-0.4, -0.2) is 46.2 Å². The normalized spacial score (nSPS) is 14.5. The maximum Gasteiger partial charge on any atom is 0.345 e. The first-order chi connectivity index (χ1) is 9.32. The van der Waals surface area contributed by atoms with Gasteiger partial charge >= 0.3 is 6.61 Å². The van der Waals surface area contributed by atoms with Gasteiger partial charge in [-0.05, 0) is 31.8 Å². The molecule has 118 valence electrons. The minimum atomic E-state index is -2.73. The van der Waals surface area contributed by atoms with Gasteiger partial charge in [0.15, 0.2) is 0 Å². The summed E-state index contributed by atoms with van der Waals surface area (Å²) in [5.74, 6) is 0.450. The average Bonchev–Trinajstić information content (AvgIpc) is 2.81. The lowest BCUT2D eigenvalue weighted by Crippen LogP contribution is -2.16. The van der Waals surface area contributed by atoms with Gasteiger partial charge in [0, 0.05) is 6.07 Å². The molecule has 1 unspecified atom stereocenters. The highest BCUT2D eigenvalue weighted by Crippen LogP contribution is 2.19. The molecule has 0 bridgehead atoms. The van der Waals surface area contributed by atoms with Crippen molar-refractivity contribution in [3.63, 3.8) is 0 Å². The average molecular weight is 312 g/mol. The van der Waals surface area contributed by atoms with Crippen LogP contribution in [0.2, 0.25) is 0 Å². The molecule has 1 N–H and O–H groups in total. The standard InChI is InChI=1S/C12H22F2N2O3S/c1-4-9(6-5-7-18-12(13)14)19-10-8-11(16-15-10)20(2,3)17/h8-9,12,20H,4-7H2,1-3H3,(H,15,16). The maximum atomic E-state index is 11.8. The van der Waals surface area contributed by atoms with Gasteiger partial charge in [0.25, 0.3) is 0 Å². The van der Waals surface area contributed by atoms with E-state index < -0.39 is 16.5 Å². The van der Waals surface area contributed by atoms with Crippen molar-refractivity contribution in [1.29, 1.82) is 0 Å². The van der Waals surface area contributed by atoms with E-state index in [-0.39, 0.29) is 12.7 Å². The van der Waals surface area contributed by atoms with Crippen LogP contribution in [0.1, 0.15) is 26.2 Å². The molecule has 0 aromatic carbocycles. The molecule has 1 rings (SSSR count). The van der Waals surface area contributed by atoms with Crippen LogP contribution >= 0.6 is 0 Å². The molecule has 0 saturated carbocycles. The largest absolute Gasteiger partial charge is 0.475 e. The summed E-state index contributed by atoms with van der Waals surface area (Å²) in [7, 11) is -2.41. The summed E-state index contributed by atoms with van der Waals surface area (Å²) in [4.78, 5) is 0. The molecule has 1 heterocycles. The van der Waals surface area contributed by atoms with Crippen molar-refractivity contribution < 1.29 is 22.5 Å². The van der Waals surface area contributed by atoms with Crippen LogP contribution in [-0.2, 0) is 14.7 Å². The quantitative estimate of drug-likeness (QED) is 0.542. The molecule has 8 heteroatoms. The number of rotatable bonds is 9. The number of thiol groups is 1. The van der Waals surface area contributed by atoms with Gasteiger partial charge < -0.3 is 9.47 Å². The second kappa shape index (κ2) is 7.68. The van der Waals surface area contributed by atoms with Gasteiger partial charge in [0.2, 0.25) is 5.88 Å². The minimum Gasteiger partial charge on any atom is -0.475 e. The number of hydrogen-bond donors (Lipinski definition) is 2. The number of hydrogen-bond acceptors (Lipinski definition) is 4. The van der Waals surface area contributed by atoms with Gasteiger partial charge in [-0.15, -0.1) is 0 Å². The van der Waals surface area contributed by atoms with E-state index >= 15 is 0 Å². The number of alkyl halides is 2. The van der Waals surface area contributed by atoms with Crippen LogP contribution in [0.3, 0.4) is 0 Å². The van der Waals surface area contributed by atoms with E-state index in [9.17, 15) is 13.0 Å². The number of halogens is 2. The summed E-state index contributed by atoms with van der Waals surface area (Å²) in [5.41, 5.74) is 0. The van der Waals surface area contributed by atoms with Crippen molar-refractivity contribution in [2.75, 3.05) is 19.1 Å². The number of H-pyrrole nitrogens is 1. The molecule has 20 heavy (non-hydrogen) atoms. The summed E-state index contributed by atoms with van der Waals surface area (Å²) in [6.07, 6.45) is 4.98. The first-order valence-corrected chi connectivity index (χ1v) is 9.10. The fourth-order valence-electron chi connectivity index (χ4n) is 1.64. The van der Waals surface area contributed by atoms with Crippen LogP contribution in [0, 0.1) is 0 Å². The third kappa shape index (κ3) is 5.96. The molecule has 0 saturated heterocycles. The molecule has 1 aromatic heterocycles. The van der Waals surface area contributed by atoms with Crippen molar-refractivity contribution in [3.05, 3.63) is 6.07 Å². The Labute approximate surface area is 118 Å². The number of nitrogens with one attached hydrogen (secondary N) is 1. The molecule has 0 spiro atoms. The van der Waals surface area contributed by atoms with Crippen LogP contribution < -0.4 is 4.74 Å². The Morgan fingerprint density at radius 2 is 2.15 bits per heavy atom. The van der Waals surface area contributed by atoms with Crippen LogP contribution in [0.4, 0.5) is 8.78 Å². The highest BCUT2D eigenvalue weighted by atomic mass is 32.2. The molecule has 0 amide bonds. The second-order valence-corrected chi connectivity index (χ2v) is 8.02. The molecule has 0 aliphatic carbocycles. The van der Waals surface area contributed by atoms with E-state index in [4.69, 9.17) is 4.74 Å². The summed E-state index contributed by atoms with van der Waals surface area (Å²) in [6.45, 7) is -0.778. The van der Waals surface area contributed by atoms with Crippen molar-refractivity contribution >= 4 is 9.93 Å². The molecule has 0 aliphatic heterocycles. The lowest BCUT2D eigenvalue weighted by molar-refractivity contribution is -0.130. The van der Waals surface area contributed by atoms with Crippen molar-refractivity contribution in [2.24, 2.45) is 0 Å². The summed E-state index contributed by atoms with van der Waals surface area (Å²) in [6, 6.07) is 1.62. The molecular formula is C12H22F2N2O3S. The summed E-state index contributed by atoms with van der Waals surface area (Å²) >= 11 is 0. The summed E-state index contributed by atoms with van der Waals surface area (Å²) < 4.78 is 45.3. The first-order valence-electron chi connectivity index (χ1n) is 6.50. The zero-order valence-corrected chi connectivity index (χ0v) is 12.8. The van der Waals surface area contributed by atoms with Crippen molar-refractivity contribution in [1.82, 2.24) is 10.2 Å². The number of aromatic nitrogens is 2. The number of aromatic amines is 1. The maximum absolute atomic E-state index is 11.8. The fourth-order valence-corrected chi connectivity index (χ4v) is 2.36. The van der Waals surface area contributed by atoms with E-state index in [0.717, 1.165) is 6.42 Å². The Bertz CT molecular complexity index is 448. The summed E-state index contributed by atoms with van der Waals surface area (Å²) in [5, 5.41) is 7.14. The lowest BCUT2D eigenvalue weighted by Gasteiger charge is -2.15. The Hall–Kier alpha value is -1.02. The predicted molar refractivity (Wildman–Crippen MR) is 74.1 cm³/mol. The topological polar surface area (TPSA) is 64.2 Å². The van der Waals surface area contributed by atoms with Crippen LogP contribution in [0.5, 0.6) is 5.88 Å². The first kappa shape index (κ1) is 17.0. The third-order valence-corrected chi connectivity index (χ3v) is 4.09. The molecule has 1 aromatic rings. The Morgan fingerprint density at radius 1 is 1.45 bits per heavy atom. The van der Waals surface area contributed by atoms with Gasteiger partial charge in [-0.3, -0.25) is 4.21 Å². The zero-order chi connectivity index (χ0) is 15.2. The van der Waals surface area contributed by atoms with Gasteiger partial charge in [-0.2, -0.15) is 13.9 Å². The molecule has 0 fully saturated rings. The zero-order valence-electron chi connectivity index (χ0n) is 11.9. The minimum absolute atomic E-state index is 0.00484. The lowest BCUT2D eigenvalue weighted by atomic mass is 10.1. The smallest absolute Gasteiger partial charge is 0.345 e. The molecular weight excluding hydrogens is 290 g/mol. The molecule has 5 nitrogen and oxygen atoms in total. The SMILES string of the molecule is CCC(CCCOC(F)F)Oc1cc([SH](C)(C)=O)n[nH]1. The third-order valence-electron chi connectivity index (χ3n) is 2.76. The van der Waals surface area contributed by atoms with Crippen molar-refractivity contribution in [3.8, 4) is 5.88 Å². The van der Waals surface area contributed by atoms with E-state index in [2.05, 4.69) is 14.9 Å². The van der Waals surface area contributed by atoms with Gasteiger partial charge in [-0.25, -0.2) is 5.10 Å². The van der Waals surface area contributed by atoms with Gasteiger partial charge in [-0.1, -0.05) is 16.9 Å². The number of ether oxygens (including phenoxy) is 2. The Morgan fingerprint density at radius 3 is 2.65 bits per heavy atom. The molecule has 1 atom stereocenters. The second-order valence-electron chi connectivity index (χ2n) is 4.86. The Kier molecular flexibility index (Phi) is 6.54. The fraction of sp³-hybridized carbons (Fsp3) is 0.750. The highest BCUT2D eigenvalue weighted by molar-refractivity contribution is 8.01. The van der Waals surface area contributed by atoms with E-state index in [1.807, 2.05) is 6.92 Å². The highest BCUT2D eigenvalue weighted by Gasteiger charge is 2.14.